The molecule has 2 heterocycles. The number of benzene rings is 1. The molecule has 8 heteroatoms. The molecule has 0 bridgehead atoms. The molecule has 1 aromatic heterocycles. The normalized spacial score (nSPS) is 14.8. The first kappa shape index (κ1) is 24.1. The Morgan fingerprint density at radius 1 is 1.24 bits per heavy atom. The largest absolute Gasteiger partial charge is 0.497 e. The number of ether oxygens (including phenoxy) is 1. The zero-order chi connectivity index (χ0) is 24.0. The molecule has 0 spiro atoms. The number of amides is 2. The summed E-state index contributed by atoms with van der Waals surface area (Å²) in [6, 6.07) is 11.0. The highest BCUT2D eigenvalue weighted by molar-refractivity contribution is 5.87. The number of piperidine rings is 1. The van der Waals surface area contributed by atoms with Crippen LogP contribution in [0.1, 0.15) is 42.1 Å². The maximum atomic E-state index is 13.0. The summed E-state index contributed by atoms with van der Waals surface area (Å²) in [5.74, 6) is 1.02. The third-order valence-corrected chi connectivity index (χ3v) is 5.87. The van der Waals surface area contributed by atoms with E-state index in [9.17, 15) is 14.9 Å². The summed E-state index contributed by atoms with van der Waals surface area (Å²) in [7, 11) is 1.60. The molecule has 0 radical (unpaired) electrons. The first-order valence-electron chi connectivity index (χ1n) is 11.1. The summed E-state index contributed by atoms with van der Waals surface area (Å²) in [6.45, 7) is 6.65. The molecule has 2 N–H and O–H groups in total. The molecule has 1 fully saturated rings. The molecular formula is C25H31N5O3. The summed E-state index contributed by atoms with van der Waals surface area (Å²) in [5.41, 5.74) is 3.35. The van der Waals surface area contributed by atoms with Crippen LogP contribution in [0.25, 0.3) is 0 Å². The van der Waals surface area contributed by atoms with E-state index in [0.717, 1.165) is 41.2 Å². The number of hydrogen-bond donors (Lipinski definition) is 2. The van der Waals surface area contributed by atoms with Crippen LogP contribution in [-0.2, 0) is 16.0 Å². The van der Waals surface area contributed by atoms with Crippen LogP contribution >= 0.6 is 0 Å². The lowest BCUT2D eigenvalue weighted by Crippen LogP contribution is -2.52. The molecule has 1 saturated heterocycles. The Kier molecular flexibility index (Phi) is 7.88. The summed E-state index contributed by atoms with van der Waals surface area (Å²) >= 11 is 0. The van der Waals surface area contributed by atoms with Gasteiger partial charge in [-0.1, -0.05) is 12.1 Å². The van der Waals surface area contributed by atoms with Gasteiger partial charge >= 0.3 is 0 Å². The summed E-state index contributed by atoms with van der Waals surface area (Å²) < 4.78 is 5.18. The predicted molar refractivity (Wildman–Crippen MR) is 126 cm³/mol. The highest BCUT2D eigenvalue weighted by Crippen LogP contribution is 2.25. The minimum absolute atomic E-state index is 0.00248. The Hall–Kier alpha value is -3.60. The van der Waals surface area contributed by atoms with Crippen molar-refractivity contribution in [2.75, 3.05) is 25.1 Å². The molecule has 0 saturated carbocycles. The lowest BCUT2D eigenvalue weighted by molar-refractivity contribution is -0.128. The van der Waals surface area contributed by atoms with Gasteiger partial charge in [-0.25, -0.2) is 4.98 Å². The summed E-state index contributed by atoms with van der Waals surface area (Å²) in [4.78, 5) is 31.4. The number of carbonyl (C=O) groups is 2. The van der Waals surface area contributed by atoms with Crippen molar-refractivity contribution < 1.29 is 14.3 Å². The van der Waals surface area contributed by atoms with Gasteiger partial charge in [-0.15, -0.1) is 0 Å². The van der Waals surface area contributed by atoms with Crippen molar-refractivity contribution >= 4 is 17.6 Å². The molecule has 0 aliphatic carbocycles. The average molecular weight is 450 g/mol. The van der Waals surface area contributed by atoms with Gasteiger partial charge in [0.25, 0.3) is 0 Å². The van der Waals surface area contributed by atoms with Gasteiger partial charge in [0, 0.05) is 38.2 Å². The number of aromatic nitrogens is 1. The quantitative estimate of drug-likeness (QED) is 0.672. The second kappa shape index (κ2) is 10.8. The number of nitrogens with one attached hydrogen (secondary N) is 2. The van der Waals surface area contributed by atoms with E-state index in [2.05, 4.69) is 26.6 Å². The van der Waals surface area contributed by atoms with Gasteiger partial charge < -0.3 is 20.3 Å². The molecule has 2 aromatic rings. The van der Waals surface area contributed by atoms with E-state index < -0.39 is 6.04 Å². The van der Waals surface area contributed by atoms with E-state index in [4.69, 9.17) is 4.74 Å². The zero-order valence-electron chi connectivity index (χ0n) is 19.6. The molecule has 1 atom stereocenters. The maximum absolute atomic E-state index is 13.0. The number of nitriles is 1. The molecule has 0 unspecified atom stereocenters. The Morgan fingerprint density at radius 3 is 2.48 bits per heavy atom. The maximum Gasteiger partial charge on any atom is 0.243 e. The van der Waals surface area contributed by atoms with Crippen LogP contribution in [0.3, 0.4) is 0 Å². The summed E-state index contributed by atoms with van der Waals surface area (Å²) in [5, 5.41) is 15.4. The van der Waals surface area contributed by atoms with Crippen LogP contribution in [0, 0.1) is 25.2 Å². The van der Waals surface area contributed by atoms with Crippen LogP contribution in [0.5, 0.6) is 5.75 Å². The monoisotopic (exact) mass is 449 g/mol. The van der Waals surface area contributed by atoms with E-state index >= 15 is 0 Å². The molecule has 8 nitrogen and oxygen atoms in total. The molecular weight excluding hydrogens is 418 g/mol. The Balaban J connectivity index is 1.62. The number of nitrogens with zero attached hydrogens (tertiary/aromatic N) is 3. The summed E-state index contributed by atoms with van der Waals surface area (Å²) in [6.07, 6.45) is 1.87. The van der Waals surface area contributed by atoms with E-state index in [1.807, 2.05) is 44.2 Å². The highest BCUT2D eigenvalue weighted by atomic mass is 16.5. The van der Waals surface area contributed by atoms with Crippen molar-refractivity contribution in [2.45, 2.75) is 52.1 Å². The Morgan fingerprint density at radius 2 is 1.91 bits per heavy atom. The fourth-order valence-corrected chi connectivity index (χ4v) is 4.17. The number of anilines is 1. The highest BCUT2D eigenvalue weighted by Gasteiger charge is 2.27. The first-order chi connectivity index (χ1) is 15.8. The number of carbonyl (C=O) groups excluding carboxylic acids is 2. The van der Waals surface area contributed by atoms with Gasteiger partial charge in [-0.3, -0.25) is 9.59 Å². The van der Waals surface area contributed by atoms with E-state index in [1.54, 1.807) is 7.11 Å². The fraction of sp³-hybridized carbons (Fsp3) is 0.440. The van der Waals surface area contributed by atoms with E-state index in [-0.39, 0.29) is 17.9 Å². The van der Waals surface area contributed by atoms with Crippen molar-refractivity contribution in [1.29, 1.82) is 5.26 Å². The van der Waals surface area contributed by atoms with Crippen LogP contribution < -0.4 is 20.3 Å². The standard InChI is InChI=1S/C25H31N5O3/c1-16-13-17(2)27-24(22(16)15-26)30-11-9-20(10-12-30)29-25(32)23(28-18(3)31)14-19-5-7-21(33-4)8-6-19/h5-8,13,20,23H,9-12,14H2,1-4H3,(H,28,31)(H,29,32)/t23-/m1/s1. The topological polar surface area (TPSA) is 107 Å². The van der Waals surface area contributed by atoms with E-state index in [1.165, 1.54) is 6.92 Å². The van der Waals surface area contributed by atoms with Gasteiger partial charge in [-0.05, 0) is 56.0 Å². The number of methoxy groups -OCH3 is 1. The number of hydrogen-bond acceptors (Lipinski definition) is 6. The van der Waals surface area contributed by atoms with Crippen molar-refractivity contribution in [3.8, 4) is 11.8 Å². The molecule has 1 aliphatic heterocycles. The molecule has 33 heavy (non-hydrogen) atoms. The molecule has 174 valence electrons. The van der Waals surface area contributed by atoms with Gasteiger partial charge in [0.05, 0.1) is 12.7 Å². The van der Waals surface area contributed by atoms with Gasteiger partial charge in [0.2, 0.25) is 11.8 Å². The SMILES string of the molecule is COc1ccc(C[C@@H](NC(C)=O)C(=O)NC2CCN(c3nc(C)cc(C)c3C#N)CC2)cc1. The molecule has 1 aromatic carbocycles. The average Bonchev–Trinajstić information content (AvgIpc) is 2.79. The third kappa shape index (κ3) is 6.22. The minimum Gasteiger partial charge on any atom is -0.497 e. The van der Waals surface area contributed by atoms with Crippen LogP contribution in [0.4, 0.5) is 5.82 Å². The molecule has 1 aliphatic rings. The van der Waals surface area contributed by atoms with Crippen LogP contribution in [0.2, 0.25) is 0 Å². The molecule has 2 amide bonds. The first-order valence-corrected chi connectivity index (χ1v) is 11.1. The second-order valence-corrected chi connectivity index (χ2v) is 8.47. The number of rotatable bonds is 7. The van der Waals surface area contributed by atoms with Gasteiger partial charge in [-0.2, -0.15) is 5.26 Å². The van der Waals surface area contributed by atoms with Crippen molar-refractivity contribution in [1.82, 2.24) is 15.6 Å². The predicted octanol–water partition coefficient (Wildman–Crippen LogP) is 2.41. The fourth-order valence-electron chi connectivity index (χ4n) is 4.17. The number of aryl methyl sites for hydroxylation is 2. The minimum atomic E-state index is -0.653. The van der Waals surface area contributed by atoms with Crippen molar-refractivity contribution in [3.05, 3.63) is 52.7 Å². The third-order valence-electron chi connectivity index (χ3n) is 5.87. The Labute approximate surface area is 195 Å². The van der Waals surface area contributed by atoms with Crippen molar-refractivity contribution in [3.63, 3.8) is 0 Å². The van der Waals surface area contributed by atoms with E-state index in [0.29, 0.717) is 25.1 Å². The van der Waals surface area contributed by atoms with Crippen LogP contribution in [-0.4, -0.2) is 49.1 Å². The second-order valence-electron chi connectivity index (χ2n) is 8.47. The zero-order valence-corrected chi connectivity index (χ0v) is 19.6. The lowest BCUT2D eigenvalue weighted by atomic mass is 10.0. The van der Waals surface area contributed by atoms with Gasteiger partial charge in [0.15, 0.2) is 0 Å². The van der Waals surface area contributed by atoms with Crippen LogP contribution in [0.15, 0.2) is 30.3 Å². The Bertz CT molecular complexity index is 1040. The van der Waals surface area contributed by atoms with Gasteiger partial charge in [0.1, 0.15) is 23.7 Å². The molecule has 3 rings (SSSR count). The van der Waals surface area contributed by atoms with Crippen molar-refractivity contribution in [2.24, 2.45) is 0 Å². The number of pyridine rings is 1. The smallest absolute Gasteiger partial charge is 0.243 e. The lowest BCUT2D eigenvalue weighted by Gasteiger charge is -2.34.